The maximum atomic E-state index is 13.1. The fourth-order valence-electron chi connectivity index (χ4n) is 3.69. The van der Waals surface area contributed by atoms with E-state index in [0.29, 0.717) is 12.2 Å². The number of carbonyl (C=O) groups excluding carboxylic acids is 1. The predicted molar refractivity (Wildman–Crippen MR) is 100 cm³/mol. The van der Waals surface area contributed by atoms with E-state index in [-0.39, 0.29) is 23.1 Å². The van der Waals surface area contributed by atoms with E-state index in [1.807, 2.05) is 36.1 Å². The molecule has 0 bridgehead atoms. The van der Waals surface area contributed by atoms with Crippen molar-refractivity contribution in [2.75, 3.05) is 6.54 Å². The summed E-state index contributed by atoms with van der Waals surface area (Å²) in [5.74, 6) is -0.211. The van der Waals surface area contributed by atoms with Crippen molar-refractivity contribution in [3.63, 3.8) is 0 Å². The Bertz CT molecular complexity index is 1010. The Balaban J connectivity index is 1.65. The SMILES string of the molecule is Cc1ccc2ncc(C(=O)N3CCCC3Cc3ccccc3)c(=O)n2c1. The number of nitrogens with zero attached hydrogens (tertiary/aromatic N) is 3. The van der Waals surface area contributed by atoms with Crippen molar-refractivity contribution in [1.29, 1.82) is 0 Å². The van der Waals surface area contributed by atoms with Crippen molar-refractivity contribution in [3.8, 4) is 0 Å². The van der Waals surface area contributed by atoms with Crippen molar-refractivity contribution in [2.24, 2.45) is 0 Å². The third-order valence-corrected chi connectivity index (χ3v) is 5.03. The largest absolute Gasteiger partial charge is 0.335 e. The quantitative estimate of drug-likeness (QED) is 0.732. The second kappa shape index (κ2) is 6.75. The number of pyridine rings is 1. The van der Waals surface area contributed by atoms with Gasteiger partial charge in [0, 0.05) is 25.0 Å². The summed E-state index contributed by atoms with van der Waals surface area (Å²) >= 11 is 0. The third kappa shape index (κ3) is 3.01. The number of fused-ring (bicyclic) bond motifs is 1. The molecule has 1 unspecified atom stereocenters. The van der Waals surface area contributed by atoms with E-state index in [2.05, 4.69) is 17.1 Å². The van der Waals surface area contributed by atoms with E-state index in [0.717, 1.165) is 24.8 Å². The average Bonchev–Trinajstić information content (AvgIpc) is 3.11. The van der Waals surface area contributed by atoms with Crippen LogP contribution >= 0.6 is 0 Å². The second-order valence-corrected chi connectivity index (χ2v) is 6.90. The minimum absolute atomic E-state index is 0.127. The summed E-state index contributed by atoms with van der Waals surface area (Å²) in [6.45, 7) is 2.60. The molecule has 1 atom stereocenters. The van der Waals surface area contributed by atoms with Gasteiger partial charge < -0.3 is 4.90 Å². The van der Waals surface area contributed by atoms with Crippen LogP contribution in [0.2, 0.25) is 0 Å². The highest BCUT2D eigenvalue weighted by Crippen LogP contribution is 2.22. The van der Waals surface area contributed by atoms with Crippen LogP contribution in [0.3, 0.4) is 0 Å². The van der Waals surface area contributed by atoms with Gasteiger partial charge in [-0.3, -0.25) is 14.0 Å². The van der Waals surface area contributed by atoms with Crippen LogP contribution < -0.4 is 5.56 Å². The first-order chi connectivity index (χ1) is 12.6. The van der Waals surface area contributed by atoms with Crippen molar-refractivity contribution < 1.29 is 4.79 Å². The summed E-state index contributed by atoms with van der Waals surface area (Å²) < 4.78 is 1.46. The molecule has 5 heteroatoms. The lowest BCUT2D eigenvalue weighted by molar-refractivity contribution is 0.0734. The van der Waals surface area contributed by atoms with E-state index >= 15 is 0 Å². The number of aryl methyl sites for hydroxylation is 1. The van der Waals surface area contributed by atoms with Crippen molar-refractivity contribution in [1.82, 2.24) is 14.3 Å². The molecule has 4 rings (SSSR count). The average molecular weight is 347 g/mol. The van der Waals surface area contributed by atoms with Crippen LogP contribution in [0.5, 0.6) is 0 Å². The highest BCUT2D eigenvalue weighted by Gasteiger charge is 2.31. The van der Waals surface area contributed by atoms with E-state index in [4.69, 9.17) is 0 Å². The molecule has 3 aromatic rings. The molecule has 26 heavy (non-hydrogen) atoms. The van der Waals surface area contributed by atoms with Crippen molar-refractivity contribution in [2.45, 2.75) is 32.2 Å². The fourth-order valence-corrected chi connectivity index (χ4v) is 3.69. The van der Waals surface area contributed by atoms with Crippen LogP contribution in [0.1, 0.15) is 34.3 Å². The third-order valence-electron chi connectivity index (χ3n) is 5.03. The van der Waals surface area contributed by atoms with Gasteiger partial charge in [0.25, 0.3) is 11.5 Å². The van der Waals surface area contributed by atoms with Gasteiger partial charge in [0.15, 0.2) is 0 Å². The summed E-state index contributed by atoms with van der Waals surface area (Å²) in [6, 6.07) is 14.0. The van der Waals surface area contributed by atoms with Gasteiger partial charge in [0.2, 0.25) is 0 Å². The molecule has 0 N–H and O–H groups in total. The minimum atomic E-state index is -0.297. The van der Waals surface area contributed by atoms with E-state index < -0.39 is 0 Å². The molecule has 1 aliphatic heterocycles. The van der Waals surface area contributed by atoms with Crippen LogP contribution in [0.15, 0.2) is 59.7 Å². The molecular weight excluding hydrogens is 326 g/mol. The highest BCUT2D eigenvalue weighted by atomic mass is 16.2. The lowest BCUT2D eigenvalue weighted by Crippen LogP contribution is -2.40. The van der Waals surface area contributed by atoms with Gasteiger partial charge in [-0.05, 0) is 43.4 Å². The summed E-state index contributed by atoms with van der Waals surface area (Å²) in [5.41, 5.74) is 2.57. The number of amides is 1. The monoisotopic (exact) mass is 347 g/mol. The Morgan fingerprint density at radius 3 is 2.81 bits per heavy atom. The Kier molecular flexibility index (Phi) is 4.29. The molecule has 132 valence electrons. The molecule has 2 aromatic heterocycles. The first kappa shape index (κ1) is 16.5. The molecule has 1 aromatic carbocycles. The molecule has 5 nitrogen and oxygen atoms in total. The molecule has 0 saturated carbocycles. The Labute approximate surface area is 151 Å². The van der Waals surface area contributed by atoms with E-state index in [1.54, 1.807) is 12.3 Å². The maximum Gasteiger partial charge on any atom is 0.270 e. The number of rotatable bonds is 3. The summed E-state index contributed by atoms with van der Waals surface area (Å²) in [5, 5.41) is 0. The zero-order valence-electron chi connectivity index (χ0n) is 14.8. The van der Waals surface area contributed by atoms with Crippen LogP contribution in [-0.2, 0) is 6.42 Å². The number of aromatic nitrogens is 2. The van der Waals surface area contributed by atoms with Crippen LogP contribution in [0.4, 0.5) is 0 Å². The topological polar surface area (TPSA) is 54.7 Å². The predicted octanol–water partition coefficient (Wildman–Crippen LogP) is 2.85. The lowest BCUT2D eigenvalue weighted by Gasteiger charge is -2.24. The fraction of sp³-hybridized carbons (Fsp3) is 0.286. The molecule has 1 fully saturated rings. The van der Waals surface area contributed by atoms with Gasteiger partial charge in [0.1, 0.15) is 11.2 Å². The number of hydrogen-bond acceptors (Lipinski definition) is 3. The first-order valence-corrected chi connectivity index (χ1v) is 8.96. The zero-order valence-corrected chi connectivity index (χ0v) is 14.8. The van der Waals surface area contributed by atoms with Crippen LogP contribution in [0, 0.1) is 6.92 Å². The Morgan fingerprint density at radius 1 is 1.19 bits per heavy atom. The van der Waals surface area contributed by atoms with Crippen LogP contribution in [0.25, 0.3) is 5.65 Å². The van der Waals surface area contributed by atoms with E-state index in [9.17, 15) is 9.59 Å². The summed E-state index contributed by atoms with van der Waals surface area (Å²) in [7, 11) is 0. The van der Waals surface area contributed by atoms with Gasteiger partial charge in [-0.1, -0.05) is 36.4 Å². The minimum Gasteiger partial charge on any atom is -0.335 e. The first-order valence-electron chi connectivity index (χ1n) is 8.96. The lowest BCUT2D eigenvalue weighted by atomic mass is 10.0. The van der Waals surface area contributed by atoms with Crippen molar-refractivity contribution >= 4 is 11.6 Å². The Hall–Kier alpha value is -2.95. The highest BCUT2D eigenvalue weighted by molar-refractivity contribution is 5.94. The van der Waals surface area contributed by atoms with Gasteiger partial charge in [-0.15, -0.1) is 0 Å². The van der Waals surface area contributed by atoms with Gasteiger partial charge in [-0.2, -0.15) is 0 Å². The van der Waals surface area contributed by atoms with Gasteiger partial charge in [-0.25, -0.2) is 4.98 Å². The molecular formula is C21H21N3O2. The summed E-state index contributed by atoms with van der Waals surface area (Å²) in [6.07, 6.45) is 5.89. The molecule has 1 amide bonds. The molecule has 3 heterocycles. The molecule has 0 aliphatic carbocycles. The zero-order chi connectivity index (χ0) is 18.1. The normalized spacial score (nSPS) is 17.0. The number of benzene rings is 1. The number of likely N-dealkylation sites (tertiary alicyclic amines) is 1. The van der Waals surface area contributed by atoms with E-state index in [1.165, 1.54) is 16.2 Å². The summed E-state index contributed by atoms with van der Waals surface area (Å²) in [4.78, 5) is 32.0. The number of carbonyl (C=O) groups is 1. The second-order valence-electron chi connectivity index (χ2n) is 6.90. The van der Waals surface area contributed by atoms with Gasteiger partial charge in [0.05, 0.1) is 0 Å². The number of hydrogen-bond donors (Lipinski definition) is 0. The Morgan fingerprint density at radius 2 is 2.00 bits per heavy atom. The maximum absolute atomic E-state index is 13.1. The van der Waals surface area contributed by atoms with Gasteiger partial charge >= 0.3 is 0 Å². The molecule has 0 radical (unpaired) electrons. The molecule has 1 aliphatic rings. The van der Waals surface area contributed by atoms with Crippen molar-refractivity contribution in [3.05, 3.63) is 81.9 Å². The molecule has 0 spiro atoms. The van der Waals surface area contributed by atoms with Crippen LogP contribution in [-0.4, -0.2) is 32.8 Å². The smallest absolute Gasteiger partial charge is 0.270 e. The molecule has 1 saturated heterocycles. The standard InChI is InChI=1S/C21H21N3O2/c1-15-9-10-19-22-13-18(21(26)24(19)14-15)20(25)23-11-5-8-17(23)12-16-6-3-2-4-7-16/h2-4,6-7,9-10,13-14,17H,5,8,11-12H2,1H3.